The van der Waals surface area contributed by atoms with Crippen LogP contribution in [-0.4, -0.2) is 23.6 Å². The Labute approximate surface area is 178 Å². The Morgan fingerprint density at radius 2 is 1.79 bits per heavy atom. The van der Waals surface area contributed by atoms with Gasteiger partial charge in [-0.2, -0.15) is 0 Å². The highest BCUT2D eigenvalue weighted by atomic mass is 16.6. The number of fused-ring (bicyclic) bond motifs is 4. The van der Waals surface area contributed by atoms with E-state index < -0.39 is 0 Å². The number of rotatable bonds is 6. The molecule has 0 aromatic heterocycles. The molecule has 0 aliphatic heterocycles. The lowest BCUT2D eigenvalue weighted by molar-refractivity contribution is -0.173. The van der Waals surface area contributed by atoms with Crippen molar-refractivity contribution in [1.29, 1.82) is 0 Å². The molecule has 4 aliphatic rings. The molecule has 0 aromatic carbocycles. The van der Waals surface area contributed by atoms with E-state index >= 15 is 0 Å². The average Bonchev–Trinajstić information content (AvgIpc) is 3.36. The molecule has 168 valence electrons. The predicted octanol–water partition coefficient (Wildman–Crippen LogP) is 6.02. The van der Waals surface area contributed by atoms with Crippen LogP contribution in [0.3, 0.4) is 0 Å². The zero-order chi connectivity index (χ0) is 19.3. The summed E-state index contributed by atoms with van der Waals surface area (Å²) in [6, 6.07) is 0. The topological polar surface area (TPSA) is 52.6 Å². The van der Waals surface area contributed by atoms with E-state index in [1.165, 1.54) is 32.6 Å². The van der Waals surface area contributed by atoms with E-state index in [-0.39, 0.29) is 44.9 Å². The molecule has 4 fully saturated rings. The lowest BCUT2D eigenvalue weighted by Gasteiger charge is -2.38. The van der Waals surface area contributed by atoms with Crippen molar-refractivity contribution in [2.75, 3.05) is 0 Å². The van der Waals surface area contributed by atoms with Crippen LogP contribution < -0.4 is 0 Å². The van der Waals surface area contributed by atoms with Crippen molar-refractivity contribution in [2.45, 2.75) is 106 Å². The van der Waals surface area contributed by atoms with Gasteiger partial charge in [-0.1, -0.05) is 35.6 Å². The zero-order valence-electron chi connectivity index (χ0n) is 17.4. The van der Waals surface area contributed by atoms with Crippen molar-refractivity contribution in [3.63, 3.8) is 0 Å². The van der Waals surface area contributed by atoms with Gasteiger partial charge in [-0.15, -0.1) is 0 Å². The summed E-state index contributed by atoms with van der Waals surface area (Å²) in [7, 11) is 0. The summed E-state index contributed by atoms with van der Waals surface area (Å²) in [6.45, 7) is 8.28. The molecule has 4 bridgehead atoms. The minimum atomic E-state index is -0.313. The molecular weight excluding hydrogens is 364 g/mol. The molecule has 4 nitrogen and oxygen atoms in total. The second-order valence-corrected chi connectivity index (χ2v) is 10.1. The number of hydrogen-bond acceptors (Lipinski definition) is 4. The fourth-order valence-corrected chi connectivity index (χ4v) is 7.38. The van der Waals surface area contributed by atoms with E-state index in [0.29, 0.717) is 23.7 Å². The lowest BCUT2D eigenvalue weighted by Crippen LogP contribution is -2.42. The molecule has 9 atom stereocenters. The zero-order valence-corrected chi connectivity index (χ0v) is 17.4. The summed E-state index contributed by atoms with van der Waals surface area (Å²) < 4.78 is 11.8. The van der Waals surface area contributed by atoms with Crippen LogP contribution in [-0.2, 0) is 19.1 Å². The van der Waals surface area contributed by atoms with Crippen LogP contribution in [0, 0.1) is 41.4 Å². The van der Waals surface area contributed by atoms with E-state index in [2.05, 4.69) is 20.8 Å². The molecule has 0 aromatic rings. The van der Waals surface area contributed by atoms with E-state index in [4.69, 9.17) is 9.47 Å². The van der Waals surface area contributed by atoms with Gasteiger partial charge >= 0.3 is 11.9 Å². The van der Waals surface area contributed by atoms with Crippen molar-refractivity contribution in [3.8, 4) is 0 Å². The fourth-order valence-electron chi connectivity index (χ4n) is 7.38. The molecule has 4 heteroatoms. The van der Waals surface area contributed by atoms with Crippen LogP contribution in [0.1, 0.15) is 93.9 Å². The predicted molar refractivity (Wildman–Crippen MR) is 116 cm³/mol. The lowest BCUT2D eigenvalue weighted by atomic mass is 9.73. The maximum absolute atomic E-state index is 12.9. The minimum Gasteiger partial charge on any atom is -0.462 e. The van der Waals surface area contributed by atoms with E-state index in [1.54, 1.807) is 0 Å². The Balaban J connectivity index is 0.00000150. The third kappa shape index (κ3) is 4.23. The SMILES string of the molecule is C.C.CCC1(OC(=O)CC(OC(C)=O)C2CC3CC2C(C)C3C)CC2CCC1C2. The summed E-state index contributed by atoms with van der Waals surface area (Å²) >= 11 is 0. The van der Waals surface area contributed by atoms with Crippen LogP contribution in [0.25, 0.3) is 0 Å². The Morgan fingerprint density at radius 3 is 2.28 bits per heavy atom. The summed E-state index contributed by atoms with van der Waals surface area (Å²) in [5.74, 6) is 3.84. The Hall–Kier alpha value is -1.06. The first kappa shape index (κ1) is 24.2. The van der Waals surface area contributed by atoms with Crippen LogP contribution in [0.15, 0.2) is 0 Å². The Bertz CT molecular complexity index is 600. The Morgan fingerprint density at radius 1 is 1.07 bits per heavy atom. The van der Waals surface area contributed by atoms with E-state index in [0.717, 1.165) is 37.0 Å². The highest BCUT2D eigenvalue weighted by molar-refractivity contribution is 5.72. The third-order valence-corrected chi connectivity index (χ3v) is 8.95. The Kier molecular flexibility index (Phi) is 7.49. The fraction of sp³-hybridized carbons (Fsp3) is 0.920. The molecule has 0 saturated heterocycles. The van der Waals surface area contributed by atoms with Crippen LogP contribution in [0.2, 0.25) is 0 Å². The van der Waals surface area contributed by atoms with Gasteiger partial charge in [0.05, 0.1) is 6.42 Å². The van der Waals surface area contributed by atoms with Gasteiger partial charge in [-0.05, 0) is 86.4 Å². The van der Waals surface area contributed by atoms with Gasteiger partial charge in [0.25, 0.3) is 0 Å². The van der Waals surface area contributed by atoms with Gasteiger partial charge in [0, 0.05) is 6.92 Å². The van der Waals surface area contributed by atoms with Crippen molar-refractivity contribution < 1.29 is 19.1 Å². The highest BCUT2D eigenvalue weighted by Gasteiger charge is 2.54. The van der Waals surface area contributed by atoms with Crippen LogP contribution in [0.4, 0.5) is 0 Å². The summed E-state index contributed by atoms with van der Waals surface area (Å²) in [5.41, 5.74) is -0.253. The van der Waals surface area contributed by atoms with Crippen LogP contribution in [0.5, 0.6) is 0 Å². The van der Waals surface area contributed by atoms with Gasteiger partial charge < -0.3 is 9.47 Å². The average molecular weight is 409 g/mol. The molecule has 4 saturated carbocycles. The number of carbonyl (C=O) groups is 2. The molecule has 9 unspecified atom stereocenters. The molecule has 0 radical (unpaired) electrons. The molecule has 0 N–H and O–H groups in total. The number of carbonyl (C=O) groups excluding carboxylic acids is 2. The quantitative estimate of drug-likeness (QED) is 0.504. The maximum Gasteiger partial charge on any atom is 0.310 e. The van der Waals surface area contributed by atoms with Gasteiger partial charge in [-0.3, -0.25) is 9.59 Å². The van der Waals surface area contributed by atoms with E-state index in [1.807, 2.05) is 0 Å². The first-order valence-corrected chi connectivity index (χ1v) is 11.2. The molecular formula is C25H44O4. The minimum absolute atomic E-state index is 0. The second kappa shape index (κ2) is 8.98. The van der Waals surface area contributed by atoms with Gasteiger partial charge in [0.2, 0.25) is 0 Å². The summed E-state index contributed by atoms with van der Waals surface area (Å²) in [6.07, 6.45) is 7.87. The van der Waals surface area contributed by atoms with Gasteiger partial charge in [0.1, 0.15) is 11.7 Å². The highest BCUT2D eigenvalue weighted by Crippen LogP contribution is 2.57. The first-order valence-electron chi connectivity index (χ1n) is 11.2. The van der Waals surface area contributed by atoms with E-state index in [9.17, 15) is 9.59 Å². The number of ether oxygens (including phenoxy) is 2. The molecule has 4 rings (SSSR count). The van der Waals surface area contributed by atoms with Crippen molar-refractivity contribution in [3.05, 3.63) is 0 Å². The van der Waals surface area contributed by atoms with Gasteiger partial charge in [0.15, 0.2) is 0 Å². The van der Waals surface area contributed by atoms with Crippen molar-refractivity contribution in [1.82, 2.24) is 0 Å². The standard InChI is InChI=1S/C23H36O4.2CH4/c1-5-23(12-16-6-7-18(23)8-16)27-22(25)11-21(26-15(4)24)20-10-17-9-19(20)14(3)13(17)2;;/h13-14,16-21H,5-12H2,1-4H3;2*1H4. The second-order valence-electron chi connectivity index (χ2n) is 10.1. The normalized spacial score (nSPS) is 42.7. The first-order chi connectivity index (χ1) is 12.8. The van der Waals surface area contributed by atoms with Crippen molar-refractivity contribution >= 4 is 11.9 Å². The molecule has 0 heterocycles. The summed E-state index contributed by atoms with van der Waals surface area (Å²) in [4.78, 5) is 24.7. The van der Waals surface area contributed by atoms with Crippen LogP contribution >= 0.6 is 0 Å². The molecule has 0 amide bonds. The number of hydrogen-bond donors (Lipinski definition) is 0. The maximum atomic E-state index is 12.9. The van der Waals surface area contributed by atoms with Crippen molar-refractivity contribution in [2.24, 2.45) is 41.4 Å². The summed E-state index contributed by atoms with van der Waals surface area (Å²) in [5, 5.41) is 0. The van der Waals surface area contributed by atoms with Gasteiger partial charge in [-0.25, -0.2) is 0 Å². The largest absolute Gasteiger partial charge is 0.462 e. The smallest absolute Gasteiger partial charge is 0.310 e. The molecule has 29 heavy (non-hydrogen) atoms. The number of esters is 2. The molecule has 4 aliphatic carbocycles. The molecule has 0 spiro atoms. The monoisotopic (exact) mass is 408 g/mol. The third-order valence-electron chi connectivity index (χ3n) is 8.95.